The van der Waals surface area contributed by atoms with Crippen molar-refractivity contribution in [1.82, 2.24) is 0 Å². The van der Waals surface area contributed by atoms with E-state index >= 15 is 0 Å². The fourth-order valence-corrected chi connectivity index (χ4v) is 1.99. The predicted octanol–water partition coefficient (Wildman–Crippen LogP) is 4.97. The highest BCUT2D eigenvalue weighted by atomic mass is 35.5. The normalized spacial score (nSPS) is 9.83. The SMILES string of the molecule is Cc1ccc(CO)cc1C.Cc1ccc(COC(=O)Cl)cc1C. The number of carbonyl (C=O) groups excluding carboxylic acids is 1. The molecule has 0 heterocycles. The Labute approximate surface area is 142 Å². The number of aliphatic hydroxyl groups excluding tert-OH is 1. The smallest absolute Gasteiger partial charge is 0.404 e. The van der Waals surface area contributed by atoms with E-state index in [0.717, 1.165) is 11.1 Å². The van der Waals surface area contributed by atoms with Gasteiger partial charge in [-0.3, -0.25) is 0 Å². The first-order valence-electron chi connectivity index (χ1n) is 7.39. The molecule has 0 fully saturated rings. The van der Waals surface area contributed by atoms with Gasteiger partial charge in [-0.1, -0.05) is 36.4 Å². The Morgan fingerprint density at radius 1 is 0.913 bits per heavy atom. The molecule has 0 atom stereocenters. The summed E-state index contributed by atoms with van der Waals surface area (Å²) >= 11 is 5.04. The number of ether oxygens (including phenoxy) is 1. The molecule has 0 saturated heterocycles. The first kappa shape index (κ1) is 19.2. The van der Waals surface area contributed by atoms with Crippen LogP contribution in [-0.2, 0) is 18.0 Å². The van der Waals surface area contributed by atoms with Crippen molar-refractivity contribution in [3.05, 3.63) is 69.8 Å². The van der Waals surface area contributed by atoms with E-state index in [-0.39, 0.29) is 13.2 Å². The highest BCUT2D eigenvalue weighted by Crippen LogP contribution is 2.11. The van der Waals surface area contributed by atoms with Gasteiger partial charge >= 0.3 is 5.43 Å². The van der Waals surface area contributed by atoms with Crippen molar-refractivity contribution < 1.29 is 14.6 Å². The Bertz CT molecular complexity index is 666. The Morgan fingerprint density at radius 3 is 1.83 bits per heavy atom. The van der Waals surface area contributed by atoms with Crippen molar-refractivity contribution in [1.29, 1.82) is 0 Å². The molecule has 4 heteroatoms. The molecule has 3 nitrogen and oxygen atoms in total. The molecule has 23 heavy (non-hydrogen) atoms. The number of rotatable bonds is 3. The summed E-state index contributed by atoms with van der Waals surface area (Å²) in [5, 5.41) is 8.75. The molecule has 0 aliphatic heterocycles. The number of benzene rings is 2. The summed E-state index contributed by atoms with van der Waals surface area (Å²) in [6, 6.07) is 11.9. The van der Waals surface area contributed by atoms with Crippen LogP contribution in [0.1, 0.15) is 33.4 Å². The molecule has 2 aromatic carbocycles. The van der Waals surface area contributed by atoms with E-state index < -0.39 is 5.43 Å². The standard InChI is InChI=1S/C10H11ClO2.C9H12O/c1-7-3-4-9(5-8(7)2)6-13-10(11)12;1-7-3-4-9(6-10)5-8(7)2/h3-5H,6H2,1-2H3;3-5,10H,6H2,1-2H3. The van der Waals surface area contributed by atoms with Gasteiger partial charge in [0.05, 0.1) is 6.61 Å². The van der Waals surface area contributed by atoms with Crippen LogP contribution in [0.4, 0.5) is 4.79 Å². The number of carbonyl (C=O) groups is 1. The zero-order valence-corrected chi connectivity index (χ0v) is 14.8. The highest BCUT2D eigenvalue weighted by Gasteiger charge is 1.99. The second kappa shape index (κ2) is 9.33. The summed E-state index contributed by atoms with van der Waals surface area (Å²) in [7, 11) is 0. The van der Waals surface area contributed by atoms with Crippen molar-refractivity contribution in [2.24, 2.45) is 0 Å². The lowest BCUT2D eigenvalue weighted by atomic mass is 10.1. The van der Waals surface area contributed by atoms with E-state index in [0.29, 0.717) is 0 Å². The zero-order valence-electron chi connectivity index (χ0n) is 14.0. The van der Waals surface area contributed by atoms with Crippen LogP contribution in [0.25, 0.3) is 0 Å². The summed E-state index contributed by atoms with van der Waals surface area (Å²) < 4.78 is 4.65. The van der Waals surface area contributed by atoms with E-state index in [4.69, 9.17) is 16.7 Å². The third-order valence-corrected chi connectivity index (χ3v) is 3.79. The Kier molecular flexibility index (Phi) is 7.79. The van der Waals surface area contributed by atoms with Crippen LogP contribution in [0.5, 0.6) is 0 Å². The van der Waals surface area contributed by atoms with E-state index in [9.17, 15) is 4.79 Å². The predicted molar refractivity (Wildman–Crippen MR) is 93.8 cm³/mol. The molecule has 1 N–H and O–H groups in total. The molecule has 0 bridgehead atoms. The fourth-order valence-electron chi connectivity index (χ4n) is 1.94. The Morgan fingerprint density at radius 2 is 1.39 bits per heavy atom. The van der Waals surface area contributed by atoms with Crippen molar-refractivity contribution in [3.8, 4) is 0 Å². The molecular weight excluding hydrogens is 312 g/mol. The molecule has 0 radical (unpaired) electrons. The van der Waals surface area contributed by atoms with Crippen LogP contribution in [0.2, 0.25) is 0 Å². The van der Waals surface area contributed by atoms with Crippen LogP contribution in [0.15, 0.2) is 36.4 Å². The topological polar surface area (TPSA) is 46.5 Å². The van der Waals surface area contributed by atoms with Gasteiger partial charge in [-0.15, -0.1) is 0 Å². The Hall–Kier alpha value is -1.84. The minimum absolute atomic E-state index is 0.140. The van der Waals surface area contributed by atoms with Crippen LogP contribution in [-0.4, -0.2) is 10.5 Å². The van der Waals surface area contributed by atoms with Gasteiger partial charge in [-0.05, 0) is 61.1 Å². The maximum Gasteiger partial charge on any atom is 0.404 e. The molecular formula is C19H23ClO3. The lowest BCUT2D eigenvalue weighted by molar-refractivity contribution is 0.167. The number of hydrogen-bond donors (Lipinski definition) is 1. The molecule has 0 spiro atoms. The molecule has 0 unspecified atom stereocenters. The highest BCUT2D eigenvalue weighted by molar-refractivity contribution is 6.61. The third-order valence-electron chi connectivity index (χ3n) is 3.68. The van der Waals surface area contributed by atoms with Crippen LogP contribution in [0.3, 0.4) is 0 Å². The minimum atomic E-state index is -0.766. The number of aryl methyl sites for hydroxylation is 4. The molecule has 2 rings (SSSR count). The van der Waals surface area contributed by atoms with Gasteiger partial charge in [0.2, 0.25) is 0 Å². The molecule has 0 aliphatic rings. The monoisotopic (exact) mass is 334 g/mol. The largest absolute Gasteiger partial charge is 0.449 e. The quantitative estimate of drug-likeness (QED) is 0.806. The second-order valence-corrected chi connectivity index (χ2v) is 5.83. The minimum Gasteiger partial charge on any atom is -0.449 e. The molecule has 0 aliphatic carbocycles. The molecule has 2 aromatic rings. The lowest BCUT2D eigenvalue weighted by Gasteiger charge is -2.04. The first-order chi connectivity index (χ1) is 10.8. The van der Waals surface area contributed by atoms with Crippen LogP contribution in [0, 0.1) is 27.7 Å². The summed E-state index contributed by atoms with van der Waals surface area (Å²) in [4.78, 5) is 10.3. The van der Waals surface area contributed by atoms with E-state index in [1.807, 2.05) is 50.2 Å². The maximum absolute atomic E-state index is 10.3. The maximum atomic E-state index is 10.3. The average Bonchev–Trinajstić information content (AvgIpc) is 2.52. The number of hydrogen-bond acceptors (Lipinski definition) is 3. The Balaban J connectivity index is 0.000000238. The number of aliphatic hydroxyl groups is 1. The zero-order chi connectivity index (χ0) is 17.4. The second-order valence-electron chi connectivity index (χ2n) is 5.52. The third kappa shape index (κ3) is 6.85. The molecule has 124 valence electrons. The van der Waals surface area contributed by atoms with Gasteiger partial charge in [0, 0.05) is 11.6 Å². The molecule has 0 aromatic heterocycles. The summed E-state index contributed by atoms with van der Waals surface area (Å²) in [6.45, 7) is 8.55. The van der Waals surface area contributed by atoms with E-state index in [1.165, 1.54) is 22.3 Å². The van der Waals surface area contributed by atoms with Crippen molar-refractivity contribution >= 4 is 17.0 Å². The average molecular weight is 335 g/mol. The van der Waals surface area contributed by atoms with Crippen LogP contribution >= 0.6 is 11.6 Å². The van der Waals surface area contributed by atoms with Crippen molar-refractivity contribution in [2.45, 2.75) is 40.9 Å². The summed E-state index contributed by atoms with van der Waals surface area (Å²) in [6.07, 6.45) is 0. The van der Waals surface area contributed by atoms with Gasteiger partial charge in [0.25, 0.3) is 0 Å². The van der Waals surface area contributed by atoms with Gasteiger partial charge in [0.15, 0.2) is 0 Å². The van der Waals surface area contributed by atoms with E-state index in [2.05, 4.69) is 18.6 Å². The number of halogens is 1. The summed E-state index contributed by atoms with van der Waals surface area (Å²) in [5.41, 5.74) is 6.10. The van der Waals surface area contributed by atoms with Gasteiger partial charge < -0.3 is 9.84 Å². The van der Waals surface area contributed by atoms with Crippen LogP contribution < -0.4 is 0 Å². The summed E-state index contributed by atoms with van der Waals surface area (Å²) in [5.74, 6) is 0. The fraction of sp³-hybridized carbons (Fsp3) is 0.316. The van der Waals surface area contributed by atoms with Crippen molar-refractivity contribution in [3.63, 3.8) is 0 Å². The van der Waals surface area contributed by atoms with Crippen molar-refractivity contribution in [2.75, 3.05) is 0 Å². The van der Waals surface area contributed by atoms with Gasteiger partial charge in [-0.2, -0.15) is 0 Å². The molecule has 0 saturated carbocycles. The lowest BCUT2D eigenvalue weighted by Crippen LogP contribution is -1.95. The molecule has 0 amide bonds. The van der Waals surface area contributed by atoms with Gasteiger partial charge in [-0.25, -0.2) is 4.79 Å². The first-order valence-corrected chi connectivity index (χ1v) is 7.76. The van der Waals surface area contributed by atoms with E-state index in [1.54, 1.807) is 0 Å². The van der Waals surface area contributed by atoms with Gasteiger partial charge in [0.1, 0.15) is 6.61 Å².